The number of H-pyrrole nitrogens is 1. The number of aromatic nitrogens is 4. The van der Waals surface area contributed by atoms with Crippen LogP contribution in [0.5, 0.6) is 0 Å². The molecule has 154 valence electrons. The Morgan fingerprint density at radius 2 is 2.00 bits per heavy atom. The molecule has 0 fully saturated rings. The van der Waals surface area contributed by atoms with Gasteiger partial charge >= 0.3 is 0 Å². The third kappa shape index (κ3) is 3.34. The molecule has 1 N–H and O–H groups in total. The van der Waals surface area contributed by atoms with Gasteiger partial charge in [-0.05, 0) is 31.5 Å². The normalized spacial score (nSPS) is 14.5. The molecule has 1 aliphatic heterocycles. The number of halogens is 1. The number of rotatable bonds is 3. The summed E-state index contributed by atoms with van der Waals surface area (Å²) in [4.78, 5) is 26.6. The Balaban J connectivity index is 1.65. The van der Waals surface area contributed by atoms with Gasteiger partial charge in [0.1, 0.15) is 5.82 Å². The van der Waals surface area contributed by atoms with E-state index in [2.05, 4.69) is 15.3 Å². The molecular weight excluding hydrogens is 385 g/mol. The number of benzene rings is 1. The minimum absolute atomic E-state index is 0.0296. The summed E-state index contributed by atoms with van der Waals surface area (Å²) in [5.74, 6) is -0.915. The van der Waals surface area contributed by atoms with E-state index in [1.165, 1.54) is 6.07 Å². The molecule has 0 unspecified atom stereocenters. The molecule has 0 saturated heterocycles. The van der Waals surface area contributed by atoms with Crippen molar-refractivity contribution in [2.75, 3.05) is 0 Å². The van der Waals surface area contributed by atoms with Crippen molar-refractivity contribution in [2.24, 2.45) is 7.05 Å². The third-order valence-electron chi connectivity index (χ3n) is 5.49. The number of aromatic amines is 1. The van der Waals surface area contributed by atoms with Crippen LogP contribution in [-0.2, 0) is 26.6 Å². The van der Waals surface area contributed by atoms with Crippen LogP contribution in [0.4, 0.5) is 4.39 Å². The SMILES string of the molecule is CC=c1c(Cc2ccc(F)c(C(=O)N3Cc4cnn(C)c4C3)c2)n[nH]c(=O)c1=CC. The van der Waals surface area contributed by atoms with E-state index in [0.717, 1.165) is 22.0 Å². The average Bonchev–Trinajstić information content (AvgIpc) is 3.32. The highest BCUT2D eigenvalue weighted by Crippen LogP contribution is 2.25. The summed E-state index contributed by atoms with van der Waals surface area (Å²) in [6.45, 7) is 4.45. The molecule has 0 bridgehead atoms. The van der Waals surface area contributed by atoms with Crippen LogP contribution in [0, 0.1) is 5.82 Å². The molecule has 0 atom stereocenters. The quantitative estimate of drug-likeness (QED) is 0.702. The summed E-state index contributed by atoms with van der Waals surface area (Å²) in [6, 6.07) is 4.51. The van der Waals surface area contributed by atoms with Gasteiger partial charge in [0.2, 0.25) is 0 Å². The molecule has 0 spiro atoms. The number of nitrogens with one attached hydrogen (secondary N) is 1. The van der Waals surface area contributed by atoms with Gasteiger partial charge in [-0.2, -0.15) is 10.2 Å². The van der Waals surface area contributed by atoms with Crippen molar-refractivity contribution in [3.63, 3.8) is 0 Å². The lowest BCUT2D eigenvalue weighted by atomic mass is 10.0. The smallest absolute Gasteiger partial charge is 0.271 e. The average molecular weight is 407 g/mol. The summed E-state index contributed by atoms with van der Waals surface area (Å²) < 4.78 is 16.3. The predicted molar refractivity (Wildman–Crippen MR) is 110 cm³/mol. The Labute approximate surface area is 172 Å². The fourth-order valence-corrected chi connectivity index (χ4v) is 3.90. The topological polar surface area (TPSA) is 83.9 Å². The first-order valence-electron chi connectivity index (χ1n) is 9.70. The monoisotopic (exact) mass is 407 g/mol. The van der Waals surface area contributed by atoms with E-state index >= 15 is 0 Å². The summed E-state index contributed by atoms with van der Waals surface area (Å²) in [6.07, 6.45) is 5.67. The van der Waals surface area contributed by atoms with E-state index in [1.807, 2.05) is 20.0 Å². The van der Waals surface area contributed by atoms with Gasteiger partial charge < -0.3 is 4.90 Å². The third-order valence-corrected chi connectivity index (χ3v) is 5.49. The van der Waals surface area contributed by atoms with Crippen LogP contribution in [0.3, 0.4) is 0 Å². The zero-order chi connectivity index (χ0) is 21.4. The van der Waals surface area contributed by atoms with Crippen molar-refractivity contribution in [3.8, 4) is 0 Å². The molecule has 1 aliphatic rings. The number of carbonyl (C=O) groups excluding carboxylic acids is 1. The van der Waals surface area contributed by atoms with Crippen LogP contribution >= 0.6 is 0 Å². The van der Waals surface area contributed by atoms with Crippen LogP contribution in [0.25, 0.3) is 12.2 Å². The van der Waals surface area contributed by atoms with Crippen LogP contribution < -0.4 is 16.0 Å². The van der Waals surface area contributed by atoms with Crippen molar-refractivity contribution < 1.29 is 9.18 Å². The van der Waals surface area contributed by atoms with Crippen LogP contribution in [0.1, 0.15) is 46.7 Å². The number of nitrogens with zero attached hydrogens (tertiary/aromatic N) is 4. The Morgan fingerprint density at radius 3 is 2.70 bits per heavy atom. The summed E-state index contributed by atoms with van der Waals surface area (Å²) >= 11 is 0. The molecule has 3 aromatic rings. The van der Waals surface area contributed by atoms with Gasteiger partial charge in [-0.3, -0.25) is 14.3 Å². The molecule has 8 heteroatoms. The van der Waals surface area contributed by atoms with Gasteiger partial charge in [0.05, 0.1) is 29.7 Å². The molecule has 1 aromatic carbocycles. The molecule has 0 saturated carbocycles. The Bertz CT molecular complexity index is 1320. The fraction of sp³-hybridized carbons (Fsp3) is 0.273. The first kappa shape index (κ1) is 19.8. The minimum atomic E-state index is -0.558. The second kappa shape index (κ2) is 7.70. The molecule has 7 nitrogen and oxygen atoms in total. The lowest BCUT2D eigenvalue weighted by Gasteiger charge is -2.17. The Morgan fingerprint density at radius 1 is 1.23 bits per heavy atom. The zero-order valence-electron chi connectivity index (χ0n) is 17.1. The van der Waals surface area contributed by atoms with Gasteiger partial charge in [-0.15, -0.1) is 0 Å². The van der Waals surface area contributed by atoms with Crippen LogP contribution in [0.15, 0.2) is 29.2 Å². The summed E-state index contributed by atoms with van der Waals surface area (Å²) in [5, 5.41) is 12.1. The van der Waals surface area contributed by atoms with Crippen molar-refractivity contribution >= 4 is 18.1 Å². The van der Waals surface area contributed by atoms with Crippen molar-refractivity contribution in [1.29, 1.82) is 0 Å². The maximum atomic E-state index is 14.5. The molecular formula is C22H22FN5O2. The van der Waals surface area contributed by atoms with Gasteiger partial charge in [-0.1, -0.05) is 18.2 Å². The second-order valence-electron chi connectivity index (χ2n) is 7.30. The van der Waals surface area contributed by atoms with Crippen LogP contribution in [-0.4, -0.2) is 30.8 Å². The molecule has 3 heterocycles. The van der Waals surface area contributed by atoms with Gasteiger partial charge in [0.25, 0.3) is 11.5 Å². The summed E-state index contributed by atoms with van der Waals surface area (Å²) in [7, 11) is 1.83. The molecule has 1 amide bonds. The van der Waals surface area contributed by atoms with E-state index in [-0.39, 0.29) is 17.0 Å². The number of hydrogen-bond donors (Lipinski definition) is 1. The Kier molecular flexibility index (Phi) is 5.07. The predicted octanol–water partition coefficient (Wildman–Crippen LogP) is 0.990. The second-order valence-corrected chi connectivity index (χ2v) is 7.30. The molecule has 30 heavy (non-hydrogen) atoms. The van der Waals surface area contributed by atoms with E-state index in [1.54, 1.807) is 40.9 Å². The molecule has 4 rings (SSSR count). The number of hydrogen-bond acceptors (Lipinski definition) is 4. The lowest BCUT2D eigenvalue weighted by molar-refractivity contribution is 0.0743. The highest BCUT2D eigenvalue weighted by Gasteiger charge is 2.28. The van der Waals surface area contributed by atoms with Crippen molar-refractivity contribution in [3.05, 3.63) is 79.1 Å². The number of amides is 1. The Hall–Kier alpha value is -3.55. The molecule has 0 aliphatic carbocycles. The highest BCUT2D eigenvalue weighted by molar-refractivity contribution is 5.95. The number of fused-ring (bicyclic) bond motifs is 1. The minimum Gasteiger partial charge on any atom is -0.328 e. The van der Waals surface area contributed by atoms with Crippen molar-refractivity contribution in [1.82, 2.24) is 24.9 Å². The van der Waals surface area contributed by atoms with E-state index in [9.17, 15) is 14.0 Å². The molecule has 2 aromatic heterocycles. The lowest BCUT2D eigenvalue weighted by Crippen LogP contribution is -2.43. The van der Waals surface area contributed by atoms with E-state index in [4.69, 9.17) is 0 Å². The van der Waals surface area contributed by atoms with Crippen molar-refractivity contribution in [2.45, 2.75) is 33.4 Å². The maximum absolute atomic E-state index is 14.5. The largest absolute Gasteiger partial charge is 0.328 e. The van der Waals surface area contributed by atoms with Crippen LogP contribution in [0.2, 0.25) is 0 Å². The standard InChI is InChI=1S/C22H22FN5O2/c1-4-15-16(5-2)21(29)26-25-19(15)9-13-6-7-18(23)17(8-13)22(30)28-11-14-10-24-27(3)20(14)12-28/h4-8,10H,9,11-12H2,1-3H3,(H,26,29). The number of carbonyl (C=O) groups is 1. The maximum Gasteiger partial charge on any atom is 0.271 e. The first-order chi connectivity index (χ1) is 14.4. The number of aryl methyl sites for hydroxylation is 1. The van der Waals surface area contributed by atoms with E-state index in [0.29, 0.717) is 30.4 Å². The highest BCUT2D eigenvalue weighted by atomic mass is 19.1. The molecule has 0 radical (unpaired) electrons. The van der Waals surface area contributed by atoms with Gasteiger partial charge in [-0.25, -0.2) is 9.49 Å². The zero-order valence-corrected chi connectivity index (χ0v) is 17.1. The van der Waals surface area contributed by atoms with Gasteiger partial charge in [0.15, 0.2) is 0 Å². The van der Waals surface area contributed by atoms with Gasteiger partial charge in [0, 0.05) is 36.0 Å². The fourth-order valence-electron chi connectivity index (χ4n) is 3.90. The first-order valence-corrected chi connectivity index (χ1v) is 9.70. The summed E-state index contributed by atoms with van der Waals surface area (Å²) in [5.41, 5.74) is 3.11. The van der Waals surface area contributed by atoms with E-state index < -0.39 is 5.82 Å².